The van der Waals surface area contributed by atoms with Crippen molar-refractivity contribution in [1.82, 2.24) is 5.32 Å². The number of hydrogen-bond donors (Lipinski definition) is 2. The lowest BCUT2D eigenvalue weighted by Gasteiger charge is -2.15. The van der Waals surface area contributed by atoms with E-state index in [0.717, 1.165) is 17.9 Å². The van der Waals surface area contributed by atoms with E-state index in [2.05, 4.69) is 10.6 Å². The molecule has 0 radical (unpaired) electrons. The average Bonchev–Trinajstić information content (AvgIpc) is 3.31. The number of carbonyl (C=O) groups is 3. The van der Waals surface area contributed by atoms with Gasteiger partial charge in [-0.1, -0.05) is 0 Å². The second-order valence-corrected chi connectivity index (χ2v) is 7.96. The molecule has 35 heavy (non-hydrogen) atoms. The fourth-order valence-electron chi connectivity index (χ4n) is 3.69. The number of carbonyl (C=O) groups excluding carboxylic acids is 3. The number of nitrogens with zero attached hydrogens (tertiary/aromatic N) is 1. The van der Waals surface area contributed by atoms with Gasteiger partial charge in [0.1, 0.15) is 17.2 Å². The SMILES string of the molecule is CCOc1ccc(Oc2ccc(NC(=O)CNC(=O)c3ccc(N4CCCC4=O)cc3)cc2)cc1. The van der Waals surface area contributed by atoms with Gasteiger partial charge in [-0.2, -0.15) is 0 Å². The molecule has 3 aromatic rings. The molecule has 1 aliphatic heterocycles. The molecule has 3 amide bonds. The lowest BCUT2D eigenvalue weighted by molar-refractivity contribution is -0.117. The molecule has 0 unspecified atom stereocenters. The molecule has 1 heterocycles. The summed E-state index contributed by atoms with van der Waals surface area (Å²) in [6, 6.07) is 21.1. The summed E-state index contributed by atoms with van der Waals surface area (Å²) in [7, 11) is 0. The number of nitrogens with one attached hydrogen (secondary N) is 2. The maximum Gasteiger partial charge on any atom is 0.251 e. The van der Waals surface area contributed by atoms with Crippen LogP contribution in [0.2, 0.25) is 0 Å². The van der Waals surface area contributed by atoms with Crippen molar-refractivity contribution in [2.75, 3.05) is 29.9 Å². The minimum atomic E-state index is -0.362. The van der Waals surface area contributed by atoms with E-state index in [0.29, 0.717) is 42.3 Å². The maximum atomic E-state index is 12.4. The van der Waals surface area contributed by atoms with Gasteiger partial charge in [-0.25, -0.2) is 0 Å². The Labute approximate surface area is 203 Å². The van der Waals surface area contributed by atoms with Crippen LogP contribution in [0, 0.1) is 0 Å². The zero-order chi connectivity index (χ0) is 24.6. The van der Waals surface area contributed by atoms with Crippen LogP contribution in [0.4, 0.5) is 11.4 Å². The number of benzene rings is 3. The van der Waals surface area contributed by atoms with Crippen LogP contribution in [0.3, 0.4) is 0 Å². The molecule has 8 nitrogen and oxygen atoms in total. The van der Waals surface area contributed by atoms with Crippen LogP contribution in [-0.2, 0) is 9.59 Å². The van der Waals surface area contributed by atoms with Gasteiger partial charge in [-0.3, -0.25) is 14.4 Å². The predicted molar refractivity (Wildman–Crippen MR) is 133 cm³/mol. The number of anilines is 2. The first-order chi connectivity index (χ1) is 17.0. The Hall–Kier alpha value is -4.33. The summed E-state index contributed by atoms with van der Waals surface area (Å²) < 4.78 is 11.2. The normalized spacial score (nSPS) is 12.8. The monoisotopic (exact) mass is 473 g/mol. The second kappa shape index (κ2) is 11.2. The van der Waals surface area contributed by atoms with Crippen molar-refractivity contribution in [3.8, 4) is 17.2 Å². The molecular weight excluding hydrogens is 446 g/mol. The third-order valence-electron chi connectivity index (χ3n) is 5.43. The van der Waals surface area contributed by atoms with Crippen LogP contribution in [0.5, 0.6) is 17.2 Å². The highest BCUT2D eigenvalue weighted by Crippen LogP contribution is 2.25. The molecule has 180 valence electrons. The number of hydrogen-bond acceptors (Lipinski definition) is 5. The molecular formula is C27H27N3O5. The number of amides is 3. The van der Waals surface area contributed by atoms with Crippen LogP contribution >= 0.6 is 0 Å². The molecule has 2 N–H and O–H groups in total. The highest BCUT2D eigenvalue weighted by molar-refractivity contribution is 6.00. The summed E-state index contributed by atoms with van der Waals surface area (Å²) in [5, 5.41) is 5.35. The van der Waals surface area contributed by atoms with Crippen molar-refractivity contribution in [2.24, 2.45) is 0 Å². The van der Waals surface area contributed by atoms with E-state index in [4.69, 9.17) is 9.47 Å². The summed E-state index contributed by atoms with van der Waals surface area (Å²) in [5.74, 6) is 1.46. The Bertz CT molecular complexity index is 1170. The Balaban J connectivity index is 1.23. The fraction of sp³-hybridized carbons (Fsp3) is 0.222. The second-order valence-electron chi connectivity index (χ2n) is 7.96. The third-order valence-corrected chi connectivity index (χ3v) is 5.43. The molecule has 0 aliphatic carbocycles. The molecule has 0 aromatic heterocycles. The Kier molecular flexibility index (Phi) is 7.62. The van der Waals surface area contributed by atoms with Crippen LogP contribution in [0.25, 0.3) is 0 Å². The molecule has 0 bridgehead atoms. The molecule has 4 rings (SSSR count). The van der Waals surface area contributed by atoms with E-state index in [9.17, 15) is 14.4 Å². The lowest BCUT2D eigenvalue weighted by Crippen LogP contribution is -2.32. The van der Waals surface area contributed by atoms with Crippen molar-refractivity contribution < 1.29 is 23.9 Å². The largest absolute Gasteiger partial charge is 0.494 e. The topological polar surface area (TPSA) is 97.0 Å². The van der Waals surface area contributed by atoms with E-state index in [-0.39, 0.29) is 24.3 Å². The van der Waals surface area contributed by atoms with Crippen LogP contribution < -0.4 is 25.0 Å². The summed E-state index contributed by atoms with van der Waals surface area (Å²) in [4.78, 5) is 38.2. The molecule has 8 heteroatoms. The first kappa shape index (κ1) is 23.8. The van der Waals surface area contributed by atoms with E-state index in [1.54, 1.807) is 53.4 Å². The van der Waals surface area contributed by atoms with Gasteiger partial charge in [-0.05, 0) is 86.1 Å². The van der Waals surface area contributed by atoms with Crippen molar-refractivity contribution in [3.63, 3.8) is 0 Å². The van der Waals surface area contributed by atoms with Crippen LogP contribution in [0.15, 0.2) is 72.8 Å². The zero-order valence-electron chi connectivity index (χ0n) is 19.5. The third kappa shape index (κ3) is 6.38. The van der Waals surface area contributed by atoms with Crippen molar-refractivity contribution in [3.05, 3.63) is 78.4 Å². The van der Waals surface area contributed by atoms with Gasteiger partial charge >= 0.3 is 0 Å². The molecule has 0 saturated carbocycles. The van der Waals surface area contributed by atoms with E-state index >= 15 is 0 Å². The lowest BCUT2D eigenvalue weighted by atomic mass is 10.2. The van der Waals surface area contributed by atoms with Gasteiger partial charge in [0.05, 0.1) is 13.2 Å². The van der Waals surface area contributed by atoms with Crippen LogP contribution in [0.1, 0.15) is 30.1 Å². The van der Waals surface area contributed by atoms with Gasteiger partial charge < -0.3 is 25.0 Å². The summed E-state index contributed by atoms with van der Waals surface area (Å²) in [5.41, 5.74) is 1.78. The Morgan fingerprint density at radius 2 is 1.51 bits per heavy atom. The van der Waals surface area contributed by atoms with Crippen molar-refractivity contribution in [2.45, 2.75) is 19.8 Å². The van der Waals surface area contributed by atoms with Crippen LogP contribution in [-0.4, -0.2) is 37.4 Å². The highest BCUT2D eigenvalue weighted by atomic mass is 16.5. The zero-order valence-corrected chi connectivity index (χ0v) is 19.5. The van der Waals surface area contributed by atoms with E-state index in [1.165, 1.54) is 0 Å². The average molecular weight is 474 g/mol. The van der Waals surface area contributed by atoms with Crippen molar-refractivity contribution >= 4 is 29.1 Å². The number of ether oxygens (including phenoxy) is 2. The maximum absolute atomic E-state index is 12.4. The molecule has 1 fully saturated rings. The quantitative estimate of drug-likeness (QED) is 0.481. The van der Waals surface area contributed by atoms with Gasteiger partial charge in [0.2, 0.25) is 11.8 Å². The Morgan fingerprint density at radius 3 is 2.11 bits per heavy atom. The van der Waals surface area contributed by atoms with Gasteiger partial charge in [0.25, 0.3) is 5.91 Å². The standard InChI is InChI=1S/C27H27N3O5/c1-2-34-22-13-15-24(16-14-22)35-23-11-7-20(8-12-23)29-25(31)18-28-27(33)19-5-9-21(10-6-19)30-17-3-4-26(30)32/h5-16H,2-4,17-18H2,1H3,(H,28,33)(H,29,31). The Morgan fingerprint density at radius 1 is 0.886 bits per heavy atom. The van der Waals surface area contributed by atoms with E-state index < -0.39 is 0 Å². The number of rotatable bonds is 9. The smallest absolute Gasteiger partial charge is 0.251 e. The van der Waals surface area contributed by atoms with Gasteiger partial charge in [0, 0.05) is 29.9 Å². The minimum Gasteiger partial charge on any atom is -0.494 e. The summed E-state index contributed by atoms with van der Waals surface area (Å²) in [6.45, 7) is 3.05. The first-order valence-electron chi connectivity index (χ1n) is 11.5. The molecule has 1 aliphatic rings. The highest BCUT2D eigenvalue weighted by Gasteiger charge is 2.21. The minimum absolute atomic E-state index is 0.0923. The summed E-state index contributed by atoms with van der Waals surface area (Å²) >= 11 is 0. The molecule has 3 aromatic carbocycles. The summed E-state index contributed by atoms with van der Waals surface area (Å²) in [6.07, 6.45) is 1.39. The molecule has 0 spiro atoms. The fourth-order valence-corrected chi connectivity index (χ4v) is 3.69. The predicted octanol–water partition coefficient (Wildman–Crippen LogP) is 4.37. The molecule has 0 atom stereocenters. The van der Waals surface area contributed by atoms with Gasteiger partial charge in [0.15, 0.2) is 0 Å². The first-order valence-corrected chi connectivity index (χ1v) is 11.5. The van der Waals surface area contributed by atoms with Gasteiger partial charge in [-0.15, -0.1) is 0 Å². The van der Waals surface area contributed by atoms with E-state index in [1.807, 2.05) is 31.2 Å². The molecule has 1 saturated heterocycles. The van der Waals surface area contributed by atoms with Crippen molar-refractivity contribution in [1.29, 1.82) is 0 Å².